The summed E-state index contributed by atoms with van der Waals surface area (Å²) in [4.78, 5) is 12.8. The number of halogens is 3. The lowest BCUT2D eigenvalue weighted by Gasteiger charge is -2.09. The van der Waals surface area contributed by atoms with Gasteiger partial charge in [0, 0.05) is 11.9 Å². The number of aromatic nitrogens is 2. The van der Waals surface area contributed by atoms with Crippen molar-refractivity contribution in [2.75, 3.05) is 20.6 Å². The maximum Gasteiger partial charge on any atom is 0.435 e. The molecule has 0 atom stereocenters. The molecule has 0 radical (unpaired) electrons. The molecule has 0 saturated carbocycles. The van der Waals surface area contributed by atoms with E-state index in [-0.39, 0.29) is 21.6 Å². The van der Waals surface area contributed by atoms with Crippen LogP contribution in [0.15, 0.2) is 6.07 Å². The van der Waals surface area contributed by atoms with Crippen LogP contribution in [0.1, 0.15) is 15.4 Å². The fourth-order valence-corrected chi connectivity index (χ4v) is 2.70. The summed E-state index contributed by atoms with van der Waals surface area (Å²) in [6, 6.07) is 1.03. The number of carboxylic acids is 1. The van der Waals surface area contributed by atoms with Gasteiger partial charge in [-0.05, 0) is 20.2 Å². The Morgan fingerprint density at radius 2 is 2.15 bits per heavy atom. The van der Waals surface area contributed by atoms with Gasteiger partial charge in [-0.2, -0.15) is 18.3 Å². The van der Waals surface area contributed by atoms with Gasteiger partial charge in [-0.25, -0.2) is 4.79 Å². The van der Waals surface area contributed by atoms with Crippen LogP contribution in [-0.2, 0) is 12.7 Å². The van der Waals surface area contributed by atoms with Crippen LogP contribution in [0.2, 0.25) is 0 Å². The van der Waals surface area contributed by atoms with Gasteiger partial charge in [-0.3, -0.25) is 4.68 Å². The van der Waals surface area contributed by atoms with Crippen molar-refractivity contribution in [1.29, 1.82) is 0 Å². The summed E-state index contributed by atoms with van der Waals surface area (Å²) in [5.74, 6) is -1.24. The van der Waals surface area contributed by atoms with Gasteiger partial charge in [-0.1, -0.05) is 0 Å². The molecule has 0 aliphatic rings. The van der Waals surface area contributed by atoms with Gasteiger partial charge in [0.15, 0.2) is 5.69 Å². The Balaban J connectivity index is 2.54. The smallest absolute Gasteiger partial charge is 0.435 e. The van der Waals surface area contributed by atoms with Crippen molar-refractivity contribution in [3.63, 3.8) is 0 Å². The molecular weight excluding hydrogens is 295 g/mol. The molecule has 2 aromatic rings. The Bertz CT molecular complexity index is 645. The molecule has 20 heavy (non-hydrogen) atoms. The Labute approximate surface area is 116 Å². The number of hydrogen-bond donors (Lipinski definition) is 1. The second-order valence-electron chi connectivity index (χ2n) is 4.51. The van der Waals surface area contributed by atoms with Crippen LogP contribution in [0, 0.1) is 0 Å². The van der Waals surface area contributed by atoms with Crippen molar-refractivity contribution >= 4 is 27.5 Å². The molecule has 9 heteroatoms. The maximum atomic E-state index is 12.9. The number of likely N-dealkylation sites (N-methyl/N-ethyl adjacent to an activating group) is 1. The van der Waals surface area contributed by atoms with Crippen molar-refractivity contribution in [2.45, 2.75) is 12.7 Å². The van der Waals surface area contributed by atoms with E-state index in [0.29, 0.717) is 6.54 Å². The summed E-state index contributed by atoms with van der Waals surface area (Å²) in [6.07, 6.45) is -4.60. The number of fused-ring (bicyclic) bond motifs is 1. The number of thiophene rings is 1. The molecule has 110 valence electrons. The number of alkyl halides is 3. The fourth-order valence-electron chi connectivity index (χ4n) is 1.72. The maximum absolute atomic E-state index is 12.9. The van der Waals surface area contributed by atoms with Crippen molar-refractivity contribution in [2.24, 2.45) is 0 Å². The summed E-state index contributed by atoms with van der Waals surface area (Å²) in [5, 5.41) is 12.3. The predicted molar refractivity (Wildman–Crippen MR) is 68.1 cm³/mol. The zero-order valence-corrected chi connectivity index (χ0v) is 11.5. The summed E-state index contributed by atoms with van der Waals surface area (Å²) >= 11 is 0.803. The number of rotatable bonds is 4. The molecule has 2 rings (SSSR count). The number of aromatic carboxylic acids is 1. The lowest BCUT2D eigenvalue weighted by Crippen LogP contribution is -2.19. The molecule has 0 aromatic carbocycles. The van der Waals surface area contributed by atoms with E-state index in [1.165, 1.54) is 4.68 Å². The van der Waals surface area contributed by atoms with Crippen LogP contribution in [-0.4, -0.2) is 46.4 Å². The standard InChI is InChI=1S/C11H12F3N3O2S/c1-16(2)3-4-17-9-6(5-7(20-9)10(18)19)8(15-17)11(12,13)14/h5H,3-4H2,1-2H3,(H,18,19). The molecule has 1 N–H and O–H groups in total. The minimum Gasteiger partial charge on any atom is -0.477 e. The zero-order chi connectivity index (χ0) is 15.1. The molecule has 0 amide bonds. The highest BCUT2D eigenvalue weighted by molar-refractivity contribution is 7.20. The first-order valence-electron chi connectivity index (χ1n) is 5.65. The van der Waals surface area contributed by atoms with Crippen LogP contribution < -0.4 is 0 Å². The highest BCUT2D eigenvalue weighted by Crippen LogP contribution is 2.37. The molecule has 0 fully saturated rings. The van der Waals surface area contributed by atoms with Gasteiger partial charge < -0.3 is 10.0 Å². The van der Waals surface area contributed by atoms with E-state index in [4.69, 9.17) is 5.11 Å². The Kier molecular flexibility index (Phi) is 3.74. The van der Waals surface area contributed by atoms with Crippen LogP contribution in [0.4, 0.5) is 13.2 Å². The van der Waals surface area contributed by atoms with Gasteiger partial charge in [0.25, 0.3) is 0 Å². The number of carbonyl (C=O) groups is 1. The molecule has 0 bridgehead atoms. The normalized spacial score (nSPS) is 12.5. The molecule has 0 saturated heterocycles. The third-order valence-electron chi connectivity index (χ3n) is 2.66. The summed E-state index contributed by atoms with van der Waals surface area (Å²) in [6.45, 7) is 0.771. The second kappa shape index (κ2) is 5.06. The number of hydrogen-bond acceptors (Lipinski definition) is 4. The Morgan fingerprint density at radius 3 is 2.65 bits per heavy atom. The number of nitrogens with zero attached hydrogens (tertiary/aromatic N) is 3. The summed E-state index contributed by atoms with van der Waals surface area (Å²) in [5.41, 5.74) is -1.03. The van der Waals surface area contributed by atoms with E-state index in [9.17, 15) is 18.0 Å². The van der Waals surface area contributed by atoms with E-state index < -0.39 is 17.8 Å². The van der Waals surface area contributed by atoms with E-state index in [2.05, 4.69) is 5.10 Å². The van der Waals surface area contributed by atoms with Gasteiger partial charge >= 0.3 is 12.1 Å². The van der Waals surface area contributed by atoms with E-state index in [1.807, 2.05) is 4.90 Å². The quantitative estimate of drug-likeness (QED) is 0.942. The van der Waals surface area contributed by atoms with E-state index in [1.54, 1.807) is 14.1 Å². The minimum absolute atomic E-state index is 0.124. The van der Waals surface area contributed by atoms with Gasteiger partial charge in [-0.15, -0.1) is 11.3 Å². The Hall–Kier alpha value is -1.61. The third kappa shape index (κ3) is 2.78. The minimum atomic E-state index is -4.60. The van der Waals surface area contributed by atoms with Gasteiger partial charge in [0.05, 0.1) is 6.54 Å². The molecule has 2 aromatic heterocycles. The first kappa shape index (κ1) is 14.8. The third-order valence-corrected chi connectivity index (χ3v) is 3.80. The van der Waals surface area contributed by atoms with Crippen molar-refractivity contribution < 1.29 is 23.1 Å². The predicted octanol–water partition coefficient (Wildman–Crippen LogP) is 2.38. The lowest BCUT2D eigenvalue weighted by atomic mass is 10.3. The monoisotopic (exact) mass is 307 g/mol. The van der Waals surface area contributed by atoms with Crippen molar-refractivity contribution in [3.8, 4) is 0 Å². The van der Waals surface area contributed by atoms with Crippen LogP contribution in [0.25, 0.3) is 10.2 Å². The highest BCUT2D eigenvalue weighted by atomic mass is 32.1. The summed E-state index contributed by atoms with van der Waals surface area (Å²) < 4.78 is 40.0. The summed E-state index contributed by atoms with van der Waals surface area (Å²) in [7, 11) is 3.59. The van der Waals surface area contributed by atoms with E-state index >= 15 is 0 Å². The Morgan fingerprint density at radius 1 is 1.50 bits per heavy atom. The highest BCUT2D eigenvalue weighted by Gasteiger charge is 2.37. The SMILES string of the molecule is CN(C)CCn1nc(C(F)(F)F)c2cc(C(=O)O)sc21. The first-order valence-corrected chi connectivity index (χ1v) is 6.47. The number of carboxylic acid groups (broad SMARTS) is 1. The van der Waals surface area contributed by atoms with Crippen molar-refractivity contribution in [1.82, 2.24) is 14.7 Å². The fraction of sp³-hybridized carbons (Fsp3) is 0.455. The van der Waals surface area contributed by atoms with Crippen LogP contribution in [0.5, 0.6) is 0 Å². The average molecular weight is 307 g/mol. The lowest BCUT2D eigenvalue weighted by molar-refractivity contribution is -0.140. The van der Waals surface area contributed by atoms with Crippen molar-refractivity contribution in [3.05, 3.63) is 16.6 Å². The molecule has 0 aliphatic carbocycles. The first-order chi connectivity index (χ1) is 9.20. The van der Waals surface area contributed by atoms with Gasteiger partial charge in [0.1, 0.15) is 9.71 Å². The largest absolute Gasteiger partial charge is 0.477 e. The second-order valence-corrected chi connectivity index (χ2v) is 5.54. The van der Waals surface area contributed by atoms with E-state index in [0.717, 1.165) is 17.4 Å². The van der Waals surface area contributed by atoms with Gasteiger partial charge in [0.2, 0.25) is 0 Å². The molecule has 5 nitrogen and oxygen atoms in total. The molecule has 0 spiro atoms. The molecular formula is C11H12F3N3O2S. The molecule has 0 aliphatic heterocycles. The topological polar surface area (TPSA) is 58.4 Å². The van der Waals surface area contributed by atoms with Crippen LogP contribution in [0.3, 0.4) is 0 Å². The van der Waals surface area contributed by atoms with Crippen LogP contribution >= 0.6 is 11.3 Å². The average Bonchev–Trinajstić information content (AvgIpc) is 2.82. The molecule has 2 heterocycles. The zero-order valence-electron chi connectivity index (χ0n) is 10.7. The molecule has 0 unspecified atom stereocenters.